The van der Waals surface area contributed by atoms with Gasteiger partial charge in [-0.25, -0.2) is 9.56 Å². The Labute approximate surface area is 141 Å². The van der Waals surface area contributed by atoms with Crippen LogP contribution in [-0.4, -0.2) is 32.2 Å². The zero-order valence-corrected chi connectivity index (χ0v) is 14.2. The van der Waals surface area contributed by atoms with Gasteiger partial charge in [0.1, 0.15) is 25.3 Å². The summed E-state index contributed by atoms with van der Waals surface area (Å²) in [5.74, 6) is 0.831. The molecule has 5 heteroatoms. The van der Waals surface area contributed by atoms with E-state index in [9.17, 15) is 0 Å². The number of benzene rings is 2. The fraction of sp³-hybridized carbons (Fsp3) is 0.333. The van der Waals surface area contributed by atoms with Crippen molar-refractivity contribution in [3.8, 4) is 11.5 Å². The third-order valence-electron chi connectivity index (χ3n) is 4.34. The van der Waals surface area contributed by atoms with Gasteiger partial charge in [-0.3, -0.25) is 0 Å². The second kappa shape index (κ2) is 6.20. The lowest BCUT2D eigenvalue weighted by Gasteiger charge is -2.17. The van der Waals surface area contributed by atoms with Gasteiger partial charge in [-0.1, -0.05) is 0 Å². The SMILES string of the molecule is C[N+](C)=c1ccc2nc3ccc(N4CCCC4)cc3oc-2c1.[Cl-]. The lowest BCUT2D eigenvalue weighted by Crippen LogP contribution is -3.00. The van der Waals surface area contributed by atoms with Gasteiger partial charge in [0, 0.05) is 30.9 Å². The Morgan fingerprint density at radius 1 is 1.04 bits per heavy atom. The molecule has 1 aromatic rings. The Balaban J connectivity index is 0.00000156. The standard InChI is InChI=1S/C18H20N3O.ClH/c1-20(2)13-5-7-15-17(11-13)22-18-12-14(6-8-16(18)19-15)21-9-3-4-10-21;/h5-8,11-12H,3-4,9-10H2,1-2H3;1H/q+1;/p-1. The third-order valence-corrected chi connectivity index (χ3v) is 4.34. The van der Waals surface area contributed by atoms with Gasteiger partial charge in [0.05, 0.1) is 6.07 Å². The van der Waals surface area contributed by atoms with E-state index < -0.39 is 0 Å². The second-order valence-electron chi connectivity index (χ2n) is 6.11. The first-order valence-electron chi connectivity index (χ1n) is 7.81. The zero-order chi connectivity index (χ0) is 15.1. The normalized spacial score (nSPS) is 14.3. The summed E-state index contributed by atoms with van der Waals surface area (Å²) in [7, 11) is 4.06. The van der Waals surface area contributed by atoms with E-state index in [1.54, 1.807) is 0 Å². The molecule has 1 fully saturated rings. The van der Waals surface area contributed by atoms with Crippen molar-refractivity contribution in [2.45, 2.75) is 12.8 Å². The molecule has 1 saturated heterocycles. The maximum absolute atomic E-state index is 6.12. The average Bonchev–Trinajstić information content (AvgIpc) is 3.06. The van der Waals surface area contributed by atoms with E-state index in [2.05, 4.69) is 33.7 Å². The monoisotopic (exact) mass is 329 g/mol. The van der Waals surface area contributed by atoms with Crippen molar-refractivity contribution in [1.82, 2.24) is 9.56 Å². The molecule has 0 unspecified atom stereocenters. The molecule has 3 aliphatic rings. The summed E-state index contributed by atoms with van der Waals surface area (Å²) >= 11 is 0. The fourth-order valence-electron chi connectivity index (χ4n) is 3.05. The molecule has 1 aliphatic carbocycles. The fourth-order valence-corrected chi connectivity index (χ4v) is 3.05. The van der Waals surface area contributed by atoms with E-state index >= 15 is 0 Å². The minimum atomic E-state index is 0. The number of hydrogen-bond acceptors (Lipinski definition) is 3. The van der Waals surface area contributed by atoms with Gasteiger partial charge in [-0.2, -0.15) is 0 Å². The van der Waals surface area contributed by atoms with Gasteiger partial charge >= 0.3 is 0 Å². The summed E-state index contributed by atoms with van der Waals surface area (Å²) in [4.78, 5) is 7.13. The van der Waals surface area contributed by atoms with Crippen LogP contribution in [0.3, 0.4) is 0 Å². The molecule has 0 spiro atoms. The maximum Gasteiger partial charge on any atom is 0.203 e. The number of anilines is 1. The van der Waals surface area contributed by atoms with Crippen molar-refractivity contribution in [3.63, 3.8) is 0 Å². The molecule has 0 atom stereocenters. The summed E-state index contributed by atoms with van der Waals surface area (Å²) < 4.78 is 8.19. The molecule has 2 heterocycles. The molecule has 0 radical (unpaired) electrons. The minimum Gasteiger partial charge on any atom is -1.00 e. The van der Waals surface area contributed by atoms with Crippen molar-refractivity contribution >= 4 is 16.8 Å². The van der Waals surface area contributed by atoms with Crippen LogP contribution in [0.1, 0.15) is 12.8 Å². The predicted octanol–water partition coefficient (Wildman–Crippen LogP) is -0.431. The van der Waals surface area contributed by atoms with Gasteiger partial charge in [0.2, 0.25) is 5.36 Å². The van der Waals surface area contributed by atoms with Crippen LogP contribution < -0.4 is 27.2 Å². The van der Waals surface area contributed by atoms with Crippen molar-refractivity contribution in [1.29, 1.82) is 0 Å². The maximum atomic E-state index is 6.12. The largest absolute Gasteiger partial charge is 1.00 e. The zero-order valence-electron chi connectivity index (χ0n) is 13.4. The van der Waals surface area contributed by atoms with Crippen LogP contribution >= 0.6 is 0 Å². The molecular weight excluding hydrogens is 310 g/mol. The highest BCUT2D eigenvalue weighted by Crippen LogP contribution is 2.28. The molecule has 4 nitrogen and oxygen atoms in total. The quantitative estimate of drug-likeness (QED) is 0.448. The van der Waals surface area contributed by atoms with Crippen LogP contribution in [0.15, 0.2) is 40.8 Å². The van der Waals surface area contributed by atoms with E-state index in [1.807, 2.05) is 26.2 Å². The lowest BCUT2D eigenvalue weighted by atomic mass is 10.2. The molecule has 0 bridgehead atoms. The van der Waals surface area contributed by atoms with Gasteiger partial charge in [0.15, 0.2) is 11.3 Å². The Bertz CT molecular complexity index is 877. The second-order valence-corrected chi connectivity index (χ2v) is 6.11. The van der Waals surface area contributed by atoms with Crippen LogP contribution in [-0.2, 0) is 0 Å². The number of nitrogens with zero attached hydrogens (tertiary/aromatic N) is 3. The van der Waals surface area contributed by atoms with Crippen LogP contribution in [0.2, 0.25) is 0 Å². The van der Waals surface area contributed by atoms with Gasteiger partial charge < -0.3 is 21.7 Å². The Morgan fingerprint density at radius 3 is 2.57 bits per heavy atom. The summed E-state index contributed by atoms with van der Waals surface area (Å²) in [5.41, 5.74) is 3.89. The first-order chi connectivity index (χ1) is 10.7. The molecule has 120 valence electrons. The van der Waals surface area contributed by atoms with Crippen LogP contribution in [0.4, 0.5) is 5.69 Å². The number of rotatable bonds is 1. The van der Waals surface area contributed by atoms with Gasteiger partial charge in [0.25, 0.3) is 0 Å². The molecular formula is C18H20ClN3O. The molecule has 0 aromatic heterocycles. The Kier molecular flexibility index (Phi) is 4.26. The van der Waals surface area contributed by atoms with E-state index in [4.69, 9.17) is 9.40 Å². The molecule has 2 aliphatic heterocycles. The van der Waals surface area contributed by atoms with Gasteiger partial charge in [-0.15, -0.1) is 0 Å². The van der Waals surface area contributed by atoms with E-state index in [-0.39, 0.29) is 12.4 Å². The first-order valence-corrected chi connectivity index (χ1v) is 7.81. The molecule has 0 N–H and O–H groups in total. The van der Waals surface area contributed by atoms with Crippen molar-refractivity contribution < 1.29 is 16.8 Å². The number of hydrogen-bond donors (Lipinski definition) is 0. The molecule has 0 amide bonds. The van der Waals surface area contributed by atoms with Crippen LogP contribution in [0, 0.1) is 0 Å². The third kappa shape index (κ3) is 2.91. The summed E-state index contributed by atoms with van der Waals surface area (Å²) in [6.07, 6.45) is 2.55. The smallest absolute Gasteiger partial charge is 0.203 e. The number of halogens is 1. The molecule has 0 saturated carbocycles. The van der Waals surface area contributed by atoms with Crippen LogP contribution in [0.5, 0.6) is 0 Å². The van der Waals surface area contributed by atoms with Gasteiger partial charge in [-0.05, 0) is 31.0 Å². The summed E-state index contributed by atoms with van der Waals surface area (Å²) in [6.45, 7) is 2.27. The molecule has 4 rings (SSSR count). The highest BCUT2D eigenvalue weighted by Gasteiger charge is 2.15. The van der Waals surface area contributed by atoms with E-state index in [0.29, 0.717) is 0 Å². The summed E-state index contributed by atoms with van der Waals surface area (Å²) in [6, 6.07) is 12.5. The van der Waals surface area contributed by atoms with Crippen LogP contribution in [0.25, 0.3) is 22.6 Å². The topological polar surface area (TPSA) is 32.3 Å². The predicted molar refractivity (Wildman–Crippen MR) is 89.2 cm³/mol. The van der Waals surface area contributed by atoms with Crippen molar-refractivity contribution in [2.75, 3.05) is 32.1 Å². The Hall–Kier alpha value is -2.07. The lowest BCUT2D eigenvalue weighted by molar-refractivity contribution is -0.00000500. The molecule has 1 aromatic carbocycles. The van der Waals surface area contributed by atoms with Crippen molar-refractivity contribution in [3.05, 3.63) is 41.8 Å². The minimum absolute atomic E-state index is 0. The number of aromatic nitrogens is 1. The van der Waals surface area contributed by atoms with Crippen molar-refractivity contribution in [2.24, 2.45) is 0 Å². The van der Waals surface area contributed by atoms with E-state index in [0.717, 1.165) is 41.0 Å². The summed E-state index contributed by atoms with van der Waals surface area (Å²) in [5, 5.41) is 1.12. The van der Waals surface area contributed by atoms with E-state index in [1.165, 1.54) is 18.5 Å². The average molecular weight is 330 g/mol. The highest BCUT2D eigenvalue weighted by atomic mass is 35.5. The number of fused-ring (bicyclic) bond motifs is 2. The first kappa shape index (κ1) is 15.8. The molecule has 23 heavy (non-hydrogen) atoms. The Morgan fingerprint density at radius 2 is 1.83 bits per heavy atom. The highest BCUT2D eigenvalue weighted by molar-refractivity contribution is 5.80.